The van der Waals surface area contributed by atoms with E-state index in [1.54, 1.807) is 6.07 Å². The van der Waals surface area contributed by atoms with Crippen LogP contribution in [0.1, 0.15) is 30.1 Å². The summed E-state index contributed by atoms with van der Waals surface area (Å²) in [6, 6.07) is 9.26. The molecule has 0 spiro atoms. The molecule has 0 bridgehead atoms. The van der Waals surface area contributed by atoms with E-state index in [9.17, 15) is 4.39 Å². The van der Waals surface area contributed by atoms with E-state index in [1.807, 2.05) is 48.0 Å². The Labute approximate surface area is 156 Å². The third-order valence-corrected chi connectivity index (χ3v) is 5.34. The zero-order valence-corrected chi connectivity index (χ0v) is 15.1. The Balaban J connectivity index is 1.57. The van der Waals surface area contributed by atoms with Gasteiger partial charge in [0.15, 0.2) is 0 Å². The second-order valence-electron chi connectivity index (χ2n) is 7.25. The fraction of sp³-hybridized carbons (Fsp3) is 0.286. The fourth-order valence-electron chi connectivity index (χ4n) is 3.89. The van der Waals surface area contributed by atoms with Gasteiger partial charge in [-0.1, -0.05) is 0 Å². The topological polar surface area (TPSA) is 55.1 Å². The number of benzene rings is 1. The molecule has 136 valence electrons. The summed E-state index contributed by atoms with van der Waals surface area (Å²) in [6.07, 6.45) is 5.96. The van der Waals surface area contributed by atoms with E-state index in [4.69, 9.17) is 0 Å². The lowest BCUT2D eigenvalue weighted by atomic mass is 9.93. The molecule has 1 aromatic carbocycles. The van der Waals surface area contributed by atoms with Crippen molar-refractivity contribution in [2.24, 2.45) is 0 Å². The number of halogens is 1. The minimum absolute atomic E-state index is 0.255. The minimum Gasteiger partial charge on any atom is -0.317 e. The molecule has 0 aliphatic carbocycles. The van der Waals surface area contributed by atoms with Gasteiger partial charge in [0.05, 0.1) is 16.9 Å². The Morgan fingerprint density at radius 3 is 2.74 bits per heavy atom. The van der Waals surface area contributed by atoms with Gasteiger partial charge in [-0.2, -0.15) is 10.2 Å². The number of aryl methyl sites for hydroxylation is 1. The molecule has 1 aliphatic heterocycles. The molecule has 3 aromatic heterocycles. The zero-order chi connectivity index (χ0) is 18.4. The average Bonchev–Trinajstić information content (AvgIpc) is 3.07. The van der Waals surface area contributed by atoms with Crippen LogP contribution in [0.15, 0.2) is 42.7 Å². The number of nitrogens with one attached hydrogen (secondary N) is 1. The highest BCUT2D eigenvalue weighted by Gasteiger charge is 2.18. The number of aromatic nitrogens is 4. The molecule has 6 heteroatoms. The van der Waals surface area contributed by atoms with Gasteiger partial charge in [-0.15, -0.1) is 0 Å². The second-order valence-corrected chi connectivity index (χ2v) is 7.25. The summed E-state index contributed by atoms with van der Waals surface area (Å²) in [6.45, 7) is 3.90. The molecule has 4 aromatic rings. The molecule has 1 aliphatic rings. The monoisotopic (exact) mass is 361 g/mol. The Morgan fingerprint density at radius 1 is 1.04 bits per heavy atom. The molecule has 27 heavy (non-hydrogen) atoms. The molecule has 0 atom stereocenters. The van der Waals surface area contributed by atoms with Gasteiger partial charge in [-0.3, -0.25) is 0 Å². The van der Waals surface area contributed by atoms with E-state index in [0.29, 0.717) is 16.8 Å². The summed E-state index contributed by atoms with van der Waals surface area (Å²) in [5, 5.41) is 12.6. The van der Waals surface area contributed by atoms with E-state index in [1.165, 1.54) is 0 Å². The Hall–Kier alpha value is -2.86. The maximum Gasteiger partial charge on any atom is 0.136 e. The van der Waals surface area contributed by atoms with Gasteiger partial charge in [0, 0.05) is 23.7 Å². The molecule has 1 fully saturated rings. The highest BCUT2D eigenvalue weighted by molar-refractivity contribution is 5.84. The van der Waals surface area contributed by atoms with Crippen LogP contribution in [0, 0.1) is 12.7 Å². The molecule has 0 radical (unpaired) electrons. The van der Waals surface area contributed by atoms with Crippen molar-refractivity contribution in [2.75, 3.05) is 13.1 Å². The van der Waals surface area contributed by atoms with E-state index >= 15 is 0 Å². The normalized spacial score (nSPS) is 15.6. The second kappa shape index (κ2) is 6.39. The first-order valence-corrected chi connectivity index (χ1v) is 9.31. The van der Waals surface area contributed by atoms with Gasteiger partial charge >= 0.3 is 0 Å². The molecule has 0 amide bonds. The number of hydrogen-bond acceptors (Lipinski definition) is 4. The van der Waals surface area contributed by atoms with E-state index < -0.39 is 0 Å². The summed E-state index contributed by atoms with van der Waals surface area (Å²) in [4.78, 5) is 4.43. The number of fused-ring (bicyclic) bond motifs is 2. The third-order valence-electron chi connectivity index (χ3n) is 5.34. The summed E-state index contributed by atoms with van der Waals surface area (Å²) < 4.78 is 16.9. The number of pyridine rings is 1. The molecule has 4 heterocycles. The molecule has 0 saturated carbocycles. The summed E-state index contributed by atoms with van der Waals surface area (Å²) in [5.74, 6) is 0.101. The highest BCUT2D eigenvalue weighted by Crippen LogP contribution is 2.29. The maximum atomic E-state index is 14.9. The van der Waals surface area contributed by atoms with Crippen molar-refractivity contribution in [3.63, 3.8) is 0 Å². The molecular weight excluding hydrogens is 341 g/mol. The number of nitrogens with zero attached hydrogens (tertiary/aromatic N) is 4. The molecule has 5 rings (SSSR count). The van der Waals surface area contributed by atoms with Crippen molar-refractivity contribution in [3.8, 4) is 11.1 Å². The first-order valence-electron chi connectivity index (χ1n) is 9.31. The van der Waals surface area contributed by atoms with Gasteiger partial charge in [0.2, 0.25) is 0 Å². The quantitative estimate of drug-likeness (QED) is 0.589. The van der Waals surface area contributed by atoms with Crippen LogP contribution in [0.4, 0.5) is 4.39 Å². The van der Waals surface area contributed by atoms with Crippen LogP contribution >= 0.6 is 0 Å². The predicted molar refractivity (Wildman–Crippen MR) is 103 cm³/mol. The molecular formula is C21H20FN5. The highest BCUT2D eigenvalue weighted by atomic mass is 19.1. The van der Waals surface area contributed by atoms with Gasteiger partial charge in [-0.05, 0) is 74.3 Å². The SMILES string of the molecule is Cc1cn2cc(-c3cc(F)c4cc(C5CCNCC5)nnc4c3)ccc2n1. The number of rotatable bonds is 2. The van der Waals surface area contributed by atoms with Crippen LogP contribution in [0.3, 0.4) is 0 Å². The van der Waals surface area contributed by atoms with Gasteiger partial charge in [0.25, 0.3) is 0 Å². The van der Waals surface area contributed by atoms with Crippen LogP contribution in [-0.4, -0.2) is 32.7 Å². The van der Waals surface area contributed by atoms with Crippen LogP contribution in [-0.2, 0) is 0 Å². The van der Waals surface area contributed by atoms with Crippen molar-refractivity contribution >= 4 is 16.6 Å². The smallest absolute Gasteiger partial charge is 0.136 e. The van der Waals surface area contributed by atoms with Crippen molar-refractivity contribution < 1.29 is 4.39 Å². The molecule has 1 saturated heterocycles. The van der Waals surface area contributed by atoms with Crippen molar-refractivity contribution in [2.45, 2.75) is 25.7 Å². The number of piperidine rings is 1. The lowest BCUT2D eigenvalue weighted by molar-refractivity contribution is 0.451. The first-order chi connectivity index (χ1) is 13.2. The minimum atomic E-state index is -0.255. The largest absolute Gasteiger partial charge is 0.317 e. The van der Waals surface area contributed by atoms with E-state index in [-0.39, 0.29) is 5.82 Å². The van der Waals surface area contributed by atoms with Crippen molar-refractivity contribution in [1.82, 2.24) is 24.9 Å². The summed E-state index contributed by atoms with van der Waals surface area (Å²) >= 11 is 0. The van der Waals surface area contributed by atoms with Crippen LogP contribution in [0.25, 0.3) is 27.7 Å². The zero-order valence-electron chi connectivity index (χ0n) is 15.1. The first kappa shape index (κ1) is 16.3. The Morgan fingerprint density at radius 2 is 1.89 bits per heavy atom. The van der Waals surface area contributed by atoms with E-state index in [2.05, 4.69) is 20.5 Å². The molecule has 0 unspecified atom stereocenters. The standard InChI is InChI=1S/C21H20FN5/c1-13-11-27-12-15(2-3-21(27)24-13)16-8-18(22)17-10-19(25-26-20(17)9-16)14-4-6-23-7-5-14/h2-3,8-12,14,23H,4-7H2,1H3. The van der Waals surface area contributed by atoms with Crippen LogP contribution < -0.4 is 5.32 Å². The van der Waals surface area contributed by atoms with Gasteiger partial charge < -0.3 is 9.72 Å². The van der Waals surface area contributed by atoms with Crippen molar-refractivity contribution in [3.05, 3.63) is 59.9 Å². The lowest BCUT2D eigenvalue weighted by Crippen LogP contribution is -2.27. The number of imidazole rings is 1. The van der Waals surface area contributed by atoms with Crippen LogP contribution in [0.5, 0.6) is 0 Å². The van der Waals surface area contributed by atoms with Crippen molar-refractivity contribution in [1.29, 1.82) is 0 Å². The predicted octanol–water partition coefficient (Wildman–Crippen LogP) is 3.86. The Kier molecular flexibility index (Phi) is 3.86. The molecule has 1 N–H and O–H groups in total. The Bertz CT molecular complexity index is 1140. The summed E-state index contributed by atoms with van der Waals surface area (Å²) in [5.41, 5.74) is 5.02. The number of hydrogen-bond donors (Lipinski definition) is 1. The fourth-order valence-corrected chi connectivity index (χ4v) is 3.89. The van der Waals surface area contributed by atoms with Gasteiger partial charge in [-0.25, -0.2) is 9.37 Å². The van der Waals surface area contributed by atoms with E-state index in [0.717, 1.165) is 54.1 Å². The molecule has 5 nitrogen and oxygen atoms in total. The van der Waals surface area contributed by atoms with Crippen LogP contribution in [0.2, 0.25) is 0 Å². The lowest BCUT2D eigenvalue weighted by Gasteiger charge is -2.21. The summed E-state index contributed by atoms with van der Waals surface area (Å²) in [7, 11) is 0. The maximum absolute atomic E-state index is 14.9. The third kappa shape index (κ3) is 2.96. The average molecular weight is 361 g/mol. The van der Waals surface area contributed by atoms with Gasteiger partial charge in [0.1, 0.15) is 11.5 Å².